The maximum atomic E-state index is 2.37. The molecule has 0 saturated heterocycles. The van der Waals surface area contributed by atoms with Crippen LogP contribution in [0.15, 0.2) is 0 Å². The summed E-state index contributed by atoms with van der Waals surface area (Å²) in [6, 6.07) is 0. The fourth-order valence-corrected chi connectivity index (χ4v) is 2.58. The Morgan fingerprint density at radius 1 is 0.750 bits per heavy atom. The van der Waals surface area contributed by atoms with Crippen molar-refractivity contribution in [3.05, 3.63) is 0 Å². The summed E-state index contributed by atoms with van der Waals surface area (Å²) in [6.07, 6.45) is 0. The van der Waals surface area contributed by atoms with Crippen LogP contribution in [0.4, 0.5) is 0 Å². The van der Waals surface area contributed by atoms with Crippen LogP contribution >= 0.6 is 0 Å². The molecule has 0 aliphatic rings. The molecule has 0 amide bonds. The van der Waals surface area contributed by atoms with E-state index >= 15 is 0 Å². The zero-order valence-corrected chi connectivity index (χ0v) is 11.2. The van der Waals surface area contributed by atoms with Crippen molar-refractivity contribution in [3.8, 4) is 0 Å². The van der Waals surface area contributed by atoms with Gasteiger partial charge in [-0.15, -0.1) is 0 Å². The Hall–Kier alpha value is 0.0969. The molecule has 0 aliphatic heterocycles. The Bertz CT molecular complexity index is 90.5. The minimum atomic E-state index is 1.08. The van der Waals surface area contributed by atoms with E-state index in [1.165, 1.54) is 0 Å². The van der Waals surface area contributed by atoms with Gasteiger partial charge < -0.3 is 0 Å². The van der Waals surface area contributed by atoms with Gasteiger partial charge in [0.15, 0.2) is 0 Å². The van der Waals surface area contributed by atoms with Gasteiger partial charge in [0.05, 0.1) is 0 Å². The largest absolute Gasteiger partial charge is 0.237 e. The normalized spacial score (nSPS) is 12.2. The van der Waals surface area contributed by atoms with Crippen LogP contribution in [0.1, 0.15) is 27.7 Å². The molecule has 0 fully saturated rings. The number of hydrogen-bond donors (Lipinski definition) is 0. The van der Waals surface area contributed by atoms with Crippen LogP contribution in [0.25, 0.3) is 0 Å². The van der Waals surface area contributed by atoms with E-state index < -0.39 is 0 Å². The minimum Gasteiger partial charge on any atom is -0.237 e. The minimum absolute atomic E-state index is 1.08. The molecule has 0 radical (unpaired) electrons. The Balaban J connectivity index is 4.02. The zero-order chi connectivity index (χ0) is 9.56. The maximum absolute atomic E-state index is 2.37. The Morgan fingerprint density at radius 2 is 1.00 bits per heavy atom. The molecule has 0 rings (SSSR count). The first-order valence-electron chi connectivity index (χ1n) is 4.94. The van der Waals surface area contributed by atoms with Crippen LogP contribution in [-0.2, 0) is 0 Å². The van der Waals surface area contributed by atoms with E-state index in [0.29, 0.717) is 0 Å². The first kappa shape index (κ1) is 12.1. The third kappa shape index (κ3) is 3.22. The van der Waals surface area contributed by atoms with E-state index in [-0.39, 0.29) is 0 Å². The number of hydrogen-bond acceptors (Lipinski definition) is 3. The lowest BCUT2D eigenvalue weighted by Crippen LogP contribution is -2.51. The smallest absolute Gasteiger partial charge is 0.120 e. The molecule has 0 heterocycles. The van der Waals surface area contributed by atoms with E-state index in [2.05, 4.69) is 42.5 Å². The molecule has 12 heavy (non-hydrogen) atoms. The molecule has 0 aliphatic carbocycles. The number of hydrazine groups is 2. The third-order valence-electron chi connectivity index (χ3n) is 2.28. The van der Waals surface area contributed by atoms with Crippen molar-refractivity contribution in [2.75, 3.05) is 26.2 Å². The van der Waals surface area contributed by atoms with Gasteiger partial charge in [-0.1, -0.05) is 27.7 Å². The summed E-state index contributed by atoms with van der Waals surface area (Å²) in [7, 11) is 1.08. The van der Waals surface area contributed by atoms with Gasteiger partial charge in [-0.2, -0.15) is 0 Å². The Kier molecular flexibility index (Phi) is 6.65. The Morgan fingerprint density at radius 3 is 1.17 bits per heavy atom. The average Bonchev–Trinajstić information content (AvgIpc) is 2.09. The predicted octanol–water partition coefficient (Wildman–Crippen LogP) is 0.0824. The fraction of sp³-hybridized carbons (Fsp3) is 1.00. The molecular weight excluding hydrogens is 166 g/mol. The van der Waals surface area contributed by atoms with Crippen molar-refractivity contribution in [1.29, 1.82) is 0 Å². The highest BCUT2D eigenvalue weighted by Crippen LogP contribution is 1.98. The second-order valence-electron chi connectivity index (χ2n) is 2.77. The first-order chi connectivity index (χ1) is 5.71. The standard InChI is InChI=1S/C8H23N3Si/c1-5-9(6-2)11(12)10(7-3)8-4/h5-8H2,1-4,12H3. The lowest BCUT2D eigenvalue weighted by atomic mass is 10.6. The van der Waals surface area contributed by atoms with Crippen molar-refractivity contribution in [1.82, 2.24) is 14.8 Å². The quantitative estimate of drug-likeness (QED) is 0.433. The lowest BCUT2D eigenvalue weighted by molar-refractivity contribution is -0.0999. The highest BCUT2D eigenvalue weighted by molar-refractivity contribution is 6.03. The van der Waals surface area contributed by atoms with Gasteiger partial charge in [0.1, 0.15) is 10.4 Å². The molecule has 0 atom stereocenters. The van der Waals surface area contributed by atoms with Crippen LogP contribution in [0.5, 0.6) is 0 Å². The molecule has 0 bridgehead atoms. The van der Waals surface area contributed by atoms with Gasteiger partial charge in [0.25, 0.3) is 0 Å². The van der Waals surface area contributed by atoms with Gasteiger partial charge >= 0.3 is 0 Å². The van der Waals surface area contributed by atoms with Crippen molar-refractivity contribution < 1.29 is 0 Å². The molecular formula is C8H23N3Si. The molecule has 74 valence electrons. The lowest BCUT2D eigenvalue weighted by Gasteiger charge is -2.38. The summed E-state index contributed by atoms with van der Waals surface area (Å²) in [5, 5.41) is 4.75. The highest BCUT2D eigenvalue weighted by Gasteiger charge is 2.11. The summed E-state index contributed by atoms with van der Waals surface area (Å²) in [4.78, 5) is 2.36. The van der Waals surface area contributed by atoms with Crippen LogP contribution in [-0.4, -0.2) is 51.4 Å². The molecule has 3 nitrogen and oxygen atoms in total. The highest BCUT2D eigenvalue weighted by atomic mass is 28.2. The summed E-state index contributed by atoms with van der Waals surface area (Å²) in [5.74, 6) is 0. The SMILES string of the molecule is CCN(CC)N([SiH3])N(CC)CC. The van der Waals surface area contributed by atoms with E-state index in [0.717, 1.165) is 36.6 Å². The first-order valence-corrected chi connectivity index (χ1v) is 5.83. The average molecular weight is 189 g/mol. The predicted molar refractivity (Wildman–Crippen MR) is 57.6 cm³/mol. The summed E-state index contributed by atoms with van der Waals surface area (Å²) < 4.78 is 0. The number of nitrogens with zero attached hydrogens (tertiary/aromatic N) is 3. The monoisotopic (exact) mass is 189 g/mol. The van der Waals surface area contributed by atoms with E-state index in [1.54, 1.807) is 0 Å². The Labute approximate surface area is 79.8 Å². The number of rotatable bonds is 6. The summed E-state index contributed by atoms with van der Waals surface area (Å²) in [5.41, 5.74) is 0. The van der Waals surface area contributed by atoms with Crippen LogP contribution < -0.4 is 0 Å². The van der Waals surface area contributed by atoms with Gasteiger partial charge in [-0.05, 0) is 0 Å². The van der Waals surface area contributed by atoms with Crippen LogP contribution in [0, 0.1) is 0 Å². The second-order valence-corrected chi connectivity index (χ2v) is 3.57. The molecule has 0 saturated carbocycles. The molecule has 0 aromatic heterocycles. The topological polar surface area (TPSA) is 9.72 Å². The van der Waals surface area contributed by atoms with Gasteiger partial charge in [-0.25, -0.2) is 14.8 Å². The molecule has 0 unspecified atom stereocenters. The second kappa shape index (κ2) is 6.60. The fourth-order valence-electron chi connectivity index (χ4n) is 1.44. The van der Waals surface area contributed by atoms with Gasteiger partial charge in [-0.3, -0.25) is 0 Å². The molecule has 4 heteroatoms. The van der Waals surface area contributed by atoms with Crippen LogP contribution in [0.2, 0.25) is 0 Å². The molecule has 0 aromatic carbocycles. The van der Waals surface area contributed by atoms with Crippen molar-refractivity contribution in [2.24, 2.45) is 0 Å². The van der Waals surface area contributed by atoms with E-state index in [1.807, 2.05) is 0 Å². The third-order valence-corrected chi connectivity index (χ3v) is 3.41. The molecule has 0 aromatic rings. The summed E-state index contributed by atoms with van der Waals surface area (Å²) in [6.45, 7) is 13.3. The maximum Gasteiger partial charge on any atom is 0.120 e. The van der Waals surface area contributed by atoms with Crippen molar-refractivity contribution in [2.45, 2.75) is 27.7 Å². The molecule has 0 spiro atoms. The zero-order valence-electron chi connectivity index (χ0n) is 9.17. The van der Waals surface area contributed by atoms with E-state index in [4.69, 9.17) is 0 Å². The van der Waals surface area contributed by atoms with Gasteiger partial charge in [0.2, 0.25) is 0 Å². The van der Waals surface area contributed by atoms with Crippen molar-refractivity contribution >= 4 is 10.4 Å². The van der Waals surface area contributed by atoms with Gasteiger partial charge in [0, 0.05) is 26.2 Å². The summed E-state index contributed by atoms with van der Waals surface area (Å²) >= 11 is 0. The molecule has 0 N–H and O–H groups in total. The van der Waals surface area contributed by atoms with Crippen molar-refractivity contribution in [3.63, 3.8) is 0 Å². The van der Waals surface area contributed by atoms with E-state index in [9.17, 15) is 0 Å². The van der Waals surface area contributed by atoms with Crippen LogP contribution in [0.3, 0.4) is 0 Å².